The molecule has 18 heavy (non-hydrogen) atoms. The van der Waals surface area contributed by atoms with Crippen molar-refractivity contribution < 1.29 is 0 Å². The van der Waals surface area contributed by atoms with Gasteiger partial charge in [0.25, 0.3) is 0 Å². The Morgan fingerprint density at radius 3 is 1.94 bits per heavy atom. The molecule has 0 radical (unpaired) electrons. The van der Waals surface area contributed by atoms with E-state index in [-0.39, 0.29) is 0 Å². The lowest BCUT2D eigenvalue weighted by molar-refractivity contribution is 0.0901. The largest absolute Gasteiger partial charge is 0.328 e. The second kappa shape index (κ2) is 7.49. The lowest BCUT2D eigenvalue weighted by Gasteiger charge is -2.41. The van der Waals surface area contributed by atoms with E-state index in [1.165, 1.54) is 77.2 Å². The van der Waals surface area contributed by atoms with Crippen LogP contribution in [0.2, 0.25) is 0 Å². The monoisotopic (exact) mass is 252 g/mol. The number of rotatable bonds is 4. The molecule has 2 aliphatic carbocycles. The first-order valence-electron chi connectivity index (χ1n) is 8.32. The molecular formula is C16H32N2. The van der Waals surface area contributed by atoms with Gasteiger partial charge in [0.2, 0.25) is 0 Å². The summed E-state index contributed by atoms with van der Waals surface area (Å²) in [5.41, 5.74) is 6.06. The molecule has 0 saturated heterocycles. The Balaban J connectivity index is 1.92. The van der Waals surface area contributed by atoms with Crippen molar-refractivity contribution in [2.24, 2.45) is 5.73 Å². The Labute approximate surface area is 113 Å². The molecule has 2 fully saturated rings. The minimum absolute atomic E-state index is 0.485. The van der Waals surface area contributed by atoms with Crippen LogP contribution in [-0.4, -0.2) is 29.6 Å². The lowest BCUT2D eigenvalue weighted by Crippen LogP contribution is -2.46. The summed E-state index contributed by atoms with van der Waals surface area (Å²) in [4.78, 5) is 2.87. The van der Waals surface area contributed by atoms with Crippen LogP contribution in [0.5, 0.6) is 0 Å². The van der Waals surface area contributed by atoms with E-state index in [4.69, 9.17) is 5.73 Å². The van der Waals surface area contributed by atoms with Crippen LogP contribution in [0.3, 0.4) is 0 Å². The van der Waals surface area contributed by atoms with Crippen LogP contribution in [0.25, 0.3) is 0 Å². The van der Waals surface area contributed by atoms with E-state index in [1.807, 2.05) is 0 Å². The third-order valence-electron chi connectivity index (χ3n) is 4.99. The number of hydrogen-bond acceptors (Lipinski definition) is 2. The maximum Gasteiger partial charge on any atom is 0.00993 e. The van der Waals surface area contributed by atoms with Gasteiger partial charge in [-0.2, -0.15) is 0 Å². The van der Waals surface area contributed by atoms with Gasteiger partial charge >= 0.3 is 0 Å². The van der Waals surface area contributed by atoms with Crippen LogP contribution in [0.1, 0.15) is 77.6 Å². The third kappa shape index (κ3) is 3.96. The zero-order valence-corrected chi connectivity index (χ0v) is 12.2. The summed E-state index contributed by atoms with van der Waals surface area (Å²) in [6.45, 7) is 3.64. The van der Waals surface area contributed by atoms with Gasteiger partial charge in [-0.05, 0) is 51.5 Å². The van der Waals surface area contributed by atoms with Crippen LogP contribution in [0, 0.1) is 0 Å². The summed E-state index contributed by atoms with van der Waals surface area (Å²) in [6, 6.07) is 2.21. The smallest absolute Gasteiger partial charge is 0.00993 e. The van der Waals surface area contributed by atoms with E-state index >= 15 is 0 Å². The second-order valence-electron chi connectivity index (χ2n) is 6.45. The van der Waals surface area contributed by atoms with Gasteiger partial charge < -0.3 is 5.73 Å². The van der Waals surface area contributed by atoms with Gasteiger partial charge in [0.05, 0.1) is 0 Å². The van der Waals surface area contributed by atoms with E-state index in [0.717, 1.165) is 12.1 Å². The molecule has 0 aromatic carbocycles. The molecule has 2 nitrogen and oxygen atoms in total. The number of nitrogens with two attached hydrogens (primary N) is 1. The van der Waals surface area contributed by atoms with Crippen molar-refractivity contribution >= 4 is 0 Å². The summed E-state index contributed by atoms with van der Waals surface area (Å²) in [5.74, 6) is 0. The van der Waals surface area contributed by atoms with Gasteiger partial charge in [0, 0.05) is 18.1 Å². The third-order valence-corrected chi connectivity index (χ3v) is 4.99. The molecule has 2 rings (SSSR count). The molecule has 0 unspecified atom stereocenters. The Hall–Kier alpha value is -0.0800. The molecular weight excluding hydrogens is 220 g/mol. The van der Waals surface area contributed by atoms with E-state index < -0.39 is 0 Å². The Morgan fingerprint density at radius 1 is 0.833 bits per heavy atom. The zero-order valence-electron chi connectivity index (χ0n) is 12.2. The van der Waals surface area contributed by atoms with Crippen molar-refractivity contribution in [2.75, 3.05) is 6.54 Å². The molecule has 0 aromatic rings. The molecule has 2 saturated carbocycles. The topological polar surface area (TPSA) is 29.3 Å². The number of hydrogen-bond donors (Lipinski definition) is 1. The highest BCUT2D eigenvalue weighted by Crippen LogP contribution is 2.29. The van der Waals surface area contributed by atoms with Gasteiger partial charge in [-0.3, -0.25) is 4.90 Å². The van der Waals surface area contributed by atoms with E-state index in [2.05, 4.69) is 11.8 Å². The minimum atomic E-state index is 0.485. The molecule has 0 aromatic heterocycles. The number of nitrogens with zero attached hydrogens (tertiary/aromatic N) is 1. The van der Waals surface area contributed by atoms with Crippen molar-refractivity contribution in [1.82, 2.24) is 4.90 Å². The predicted octanol–water partition coefficient (Wildman–Crippen LogP) is 3.69. The van der Waals surface area contributed by atoms with Gasteiger partial charge in [-0.25, -0.2) is 0 Å². The molecule has 0 amide bonds. The van der Waals surface area contributed by atoms with Crippen molar-refractivity contribution in [3.8, 4) is 0 Å². The fourth-order valence-electron chi connectivity index (χ4n) is 3.94. The Morgan fingerprint density at radius 2 is 1.39 bits per heavy atom. The maximum absolute atomic E-state index is 6.06. The van der Waals surface area contributed by atoms with Crippen LogP contribution in [0.15, 0.2) is 0 Å². The summed E-state index contributed by atoms with van der Waals surface area (Å²) < 4.78 is 0. The van der Waals surface area contributed by atoms with Gasteiger partial charge in [0.15, 0.2) is 0 Å². The van der Waals surface area contributed by atoms with E-state index in [0.29, 0.717) is 6.04 Å². The average Bonchev–Trinajstić information content (AvgIpc) is 2.66. The van der Waals surface area contributed by atoms with E-state index in [9.17, 15) is 0 Å². The van der Waals surface area contributed by atoms with Crippen molar-refractivity contribution in [3.05, 3.63) is 0 Å². The Bertz CT molecular complexity index is 213. The van der Waals surface area contributed by atoms with Crippen molar-refractivity contribution in [1.29, 1.82) is 0 Å². The molecule has 2 N–H and O–H groups in total. The molecule has 0 atom stereocenters. The van der Waals surface area contributed by atoms with Crippen LogP contribution in [-0.2, 0) is 0 Å². The van der Waals surface area contributed by atoms with Crippen LogP contribution in [0.4, 0.5) is 0 Å². The summed E-state index contributed by atoms with van der Waals surface area (Å²) in [7, 11) is 0. The summed E-state index contributed by atoms with van der Waals surface area (Å²) in [5, 5.41) is 0. The lowest BCUT2D eigenvalue weighted by atomic mass is 9.89. The first-order valence-corrected chi connectivity index (χ1v) is 8.32. The van der Waals surface area contributed by atoms with Crippen molar-refractivity contribution in [3.63, 3.8) is 0 Å². The molecule has 0 aliphatic heterocycles. The maximum atomic E-state index is 6.06. The van der Waals surface area contributed by atoms with Gasteiger partial charge in [0.1, 0.15) is 0 Å². The fraction of sp³-hybridized carbons (Fsp3) is 1.00. The standard InChI is InChI=1S/C16H32N2/c1-2-13-18(15-7-5-3-4-6-8-15)16-11-9-14(17)10-12-16/h14-16H,2-13,17H2,1H3. The fourth-order valence-corrected chi connectivity index (χ4v) is 3.94. The average molecular weight is 252 g/mol. The minimum Gasteiger partial charge on any atom is -0.328 e. The second-order valence-corrected chi connectivity index (χ2v) is 6.45. The van der Waals surface area contributed by atoms with Crippen LogP contribution < -0.4 is 5.73 Å². The molecule has 2 heteroatoms. The predicted molar refractivity (Wildman–Crippen MR) is 78.7 cm³/mol. The summed E-state index contributed by atoms with van der Waals surface area (Å²) >= 11 is 0. The first kappa shape index (κ1) is 14.3. The zero-order chi connectivity index (χ0) is 12.8. The van der Waals surface area contributed by atoms with E-state index in [1.54, 1.807) is 0 Å². The van der Waals surface area contributed by atoms with Crippen LogP contribution >= 0.6 is 0 Å². The Kier molecular flexibility index (Phi) is 5.97. The highest BCUT2D eigenvalue weighted by Gasteiger charge is 2.29. The van der Waals surface area contributed by atoms with Gasteiger partial charge in [-0.1, -0.05) is 32.6 Å². The summed E-state index contributed by atoms with van der Waals surface area (Å²) in [6.07, 6.45) is 15.2. The molecule has 2 aliphatic rings. The molecule has 106 valence electrons. The molecule has 0 spiro atoms. The highest BCUT2D eigenvalue weighted by atomic mass is 15.2. The first-order chi connectivity index (χ1) is 8.81. The SMILES string of the molecule is CCCN(C1CCCCCC1)C1CCC(N)CC1. The van der Waals surface area contributed by atoms with Gasteiger partial charge in [-0.15, -0.1) is 0 Å². The van der Waals surface area contributed by atoms with Crippen molar-refractivity contribution in [2.45, 2.75) is 95.7 Å². The quantitative estimate of drug-likeness (QED) is 0.773. The molecule has 0 bridgehead atoms. The normalized spacial score (nSPS) is 31.5. The highest BCUT2D eigenvalue weighted by molar-refractivity contribution is 4.85. The molecule has 0 heterocycles.